The van der Waals surface area contributed by atoms with Gasteiger partial charge in [0.2, 0.25) is 0 Å². The molecule has 0 unspecified atom stereocenters. The van der Waals surface area contributed by atoms with E-state index in [0.29, 0.717) is 0 Å². The number of rotatable bonds is 0. The van der Waals surface area contributed by atoms with Gasteiger partial charge < -0.3 is 9.55 Å². The van der Waals surface area contributed by atoms with Gasteiger partial charge in [0.1, 0.15) is 5.65 Å². The summed E-state index contributed by atoms with van der Waals surface area (Å²) in [4.78, 5) is 4.30. The van der Waals surface area contributed by atoms with Crippen LogP contribution in [0, 0.1) is 13.8 Å². The number of fused-ring (bicyclic) bond motifs is 1. The van der Waals surface area contributed by atoms with Gasteiger partial charge in [0.25, 0.3) is 0 Å². The zero-order valence-electron chi connectivity index (χ0n) is 8.33. The number of pyridine rings is 1. The minimum absolute atomic E-state index is 0. The topological polar surface area (TPSA) is 17.8 Å². The molecule has 13 heavy (non-hydrogen) atoms. The number of aryl methyl sites for hydroxylation is 2. The first kappa shape index (κ1) is 11.4. The second-order valence-electron chi connectivity index (χ2n) is 3.14. The quantitative estimate of drug-likeness (QED) is 0.548. The zero-order valence-corrected chi connectivity index (χ0v) is 13.2. The Kier molecular flexibility index (Phi) is 3.75. The van der Waals surface area contributed by atoms with Crippen molar-refractivity contribution in [1.82, 2.24) is 9.55 Å². The van der Waals surface area contributed by atoms with Crippen LogP contribution in [0.25, 0.3) is 11.0 Å². The maximum absolute atomic E-state index is 4.30. The summed E-state index contributed by atoms with van der Waals surface area (Å²) in [5.74, 6) is 0. The molecular weight excluding hydrogens is 234 g/mol. The van der Waals surface area contributed by atoms with Crippen LogP contribution < -0.4 is 58.2 Å². The van der Waals surface area contributed by atoms with Gasteiger partial charge in [-0.25, -0.2) is 0 Å². The van der Waals surface area contributed by atoms with Crippen molar-refractivity contribution in [2.75, 3.05) is 0 Å². The van der Waals surface area contributed by atoms with E-state index < -0.39 is 0 Å². The molecule has 0 fully saturated rings. The average Bonchev–Trinajstić information content (AvgIpc) is 2.28. The van der Waals surface area contributed by atoms with Crippen molar-refractivity contribution in [3.63, 3.8) is 0 Å². The van der Waals surface area contributed by atoms with Crippen LogP contribution in [0.5, 0.6) is 0 Å². The number of hydrogen-bond acceptors (Lipinski definition) is 1. The molecule has 2 aromatic heterocycles. The monoisotopic (exact) mass is 244 g/mol. The molecule has 3 heteroatoms. The van der Waals surface area contributed by atoms with E-state index in [0.717, 1.165) is 11.2 Å². The standard InChI is InChI=1S/C10H11N2.Rb/c1-7-4-9-8(2)6-12(3)10(9)11-5-7;/h4-6H,1H2,2-3H3;/q-1;+1. The molecule has 0 radical (unpaired) electrons. The summed E-state index contributed by atoms with van der Waals surface area (Å²) < 4.78 is 2.03. The average molecular weight is 245 g/mol. The zero-order chi connectivity index (χ0) is 8.72. The summed E-state index contributed by atoms with van der Waals surface area (Å²) in [7, 11) is 2.01. The minimum Gasteiger partial charge on any atom is -0.337 e. The molecule has 2 aromatic rings. The Morgan fingerprint density at radius 2 is 2.15 bits per heavy atom. The van der Waals surface area contributed by atoms with Crippen molar-refractivity contribution in [2.24, 2.45) is 7.05 Å². The first-order valence-corrected chi connectivity index (χ1v) is 3.92. The summed E-state index contributed by atoms with van der Waals surface area (Å²) in [6, 6.07) is 2.07. The van der Waals surface area contributed by atoms with Gasteiger partial charge in [0.15, 0.2) is 0 Å². The Labute approximate surface area is 127 Å². The molecule has 0 aromatic carbocycles. The molecule has 0 bridgehead atoms. The molecule has 0 atom stereocenters. The van der Waals surface area contributed by atoms with E-state index in [9.17, 15) is 0 Å². The fourth-order valence-corrected chi connectivity index (χ4v) is 1.49. The van der Waals surface area contributed by atoms with Gasteiger partial charge in [-0.05, 0) is 17.9 Å². The van der Waals surface area contributed by atoms with Gasteiger partial charge in [-0.1, -0.05) is 6.20 Å². The Morgan fingerprint density at radius 1 is 1.46 bits per heavy atom. The maximum atomic E-state index is 4.30. The third kappa shape index (κ3) is 2.06. The third-order valence-corrected chi connectivity index (χ3v) is 2.07. The second-order valence-corrected chi connectivity index (χ2v) is 3.14. The van der Waals surface area contributed by atoms with Crippen LogP contribution in [-0.4, -0.2) is 9.55 Å². The first-order valence-electron chi connectivity index (χ1n) is 3.92. The van der Waals surface area contributed by atoms with E-state index in [1.165, 1.54) is 10.9 Å². The molecule has 2 nitrogen and oxygen atoms in total. The van der Waals surface area contributed by atoms with Crippen molar-refractivity contribution in [1.29, 1.82) is 0 Å². The van der Waals surface area contributed by atoms with Gasteiger partial charge in [-0.3, -0.25) is 0 Å². The molecule has 0 amide bonds. The van der Waals surface area contributed by atoms with E-state index in [2.05, 4.69) is 31.1 Å². The van der Waals surface area contributed by atoms with Gasteiger partial charge in [-0.2, -0.15) is 18.6 Å². The molecule has 0 spiro atoms. The van der Waals surface area contributed by atoms with Gasteiger partial charge in [0.05, 0.1) is 0 Å². The normalized spacial score (nSPS) is 10.0. The Hall–Kier alpha value is 0.365. The van der Waals surface area contributed by atoms with E-state index >= 15 is 0 Å². The van der Waals surface area contributed by atoms with E-state index in [1.54, 1.807) is 6.20 Å². The Morgan fingerprint density at radius 3 is 2.85 bits per heavy atom. The molecule has 2 heterocycles. The van der Waals surface area contributed by atoms with Crippen LogP contribution in [-0.2, 0) is 7.05 Å². The molecule has 0 aliphatic rings. The Bertz CT molecular complexity index is 432. The van der Waals surface area contributed by atoms with Crippen LogP contribution >= 0.6 is 0 Å². The fourth-order valence-electron chi connectivity index (χ4n) is 1.49. The third-order valence-electron chi connectivity index (χ3n) is 2.07. The molecule has 2 rings (SSSR count). The number of nitrogens with zero attached hydrogens (tertiary/aromatic N) is 2. The smallest absolute Gasteiger partial charge is 0.337 e. The molecule has 0 aliphatic carbocycles. The predicted molar refractivity (Wildman–Crippen MR) is 49.9 cm³/mol. The summed E-state index contributed by atoms with van der Waals surface area (Å²) in [5.41, 5.74) is 3.25. The molecule has 0 saturated carbocycles. The van der Waals surface area contributed by atoms with Crippen molar-refractivity contribution in [2.45, 2.75) is 6.92 Å². The SMILES string of the molecule is [CH2-]c1cnc2c(c1)c(C)cn2C.[Rb+]. The van der Waals surface area contributed by atoms with Crippen LogP contribution in [0.1, 0.15) is 11.1 Å². The van der Waals surface area contributed by atoms with Gasteiger partial charge >= 0.3 is 58.2 Å². The molecular formula is C10H11N2Rb. The van der Waals surface area contributed by atoms with Crippen LogP contribution in [0.4, 0.5) is 0 Å². The van der Waals surface area contributed by atoms with Crippen molar-refractivity contribution < 1.29 is 58.2 Å². The molecule has 0 aliphatic heterocycles. The van der Waals surface area contributed by atoms with Crippen LogP contribution in [0.15, 0.2) is 18.5 Å². The summed E-state index contributed by atoms with van der Waals surface area (Å²) in [6.07, 6.45) is 3.87. The van der Waals surface area contributed by atoms with E-state index in [1.807, 2.05) is 11.6 Å². The Balaban J connectivity index is 0.000000845. The van der Waals surface area contributed by atoms with Gasteiger partial charge in [-0.15, -0.1) is 0 Å². The fraction of sp³-hybridized carbons (Fsp3) is 0.200. The van der Waals surface area contributed by atoms with Crippen LogP contribution in [0.3, 0.4) is 0 Å². The predicted octanol–water partition coefficient (Wildman–Crippen LogP) is -0.932. The van der Waals surface area contributed by atoms with E-state index in [-0.39, 0.29) is 58.2 Å². The van der Waals surface area contributed by atoms with Gasteiger partial charge in [0, 0.05) is 13.2 Å². The number of hydrogen-bond donors (Lipinski definition) is 0. The second kappa shape index (κ2) is 4.26. The minimum atomic E-state index is 0. The molecule has 0 N–H and O–H groups in total. The van der Waals surface area contributed by atoms with Crippen molar-refractivity contribution in [3.8, 4) is 0 Å². The van der Waals surface area contributed by atoms with E-state index in [4.69, 9.17) is 0 Å². The summed E-state index contributed by atoms with van der Waals surface area (Å²) >= 11 is 0. The number of aromatic nitrogens is 2. The van der Waals surface area contributed by atoms with Crippen molar-refractivity contribution >= 4 is 11.0 Å². The summed E-state index contributed by atoms with van der Waals surface area (Å²) in [6.45, 7) is 5.94. The molecule has 0 saturated heterocycles. The maximum Gasteiger partial charge on any atom is 1.00 e. The summed E-state index contributed by atoms with van der Waals surface area (Å²) in [5, 5.41) is 1.20. The molecule has 62 valence electrons. The van der Waals surface area contributed by atoms with Crippen LogP contribution in [0.2, 0.25) is 0 Å². The van der Waals surface area contributed by atoms with Crippen molar-refractivity contribution in [3.05, 3.63) is 36.5 Å². The first-order chi connectivity index (χ1) is 5.68. The largest absolute Gasteiger partial charge is 1.00 e.